The lowest BCUT2D eigenvalue weighted by Gasteiger charge is -2.50. The molecule has 5 aliphatic heterocycles. The number of piperidine rings is 2. The van der Waals surface area contributed by atoms with Crippen LogP contribution >= 0.6 is 23.2 Å². The van der Waals surface area contributed by atoms with E-state index in [1.54, 1.807) is 41.3 Å². The fourth-order valence-electron chi connectivity index (χ4n) is 13.2. The number of anilines is 1. The molecule has 0 bridgehead atoms. The topological polar surface area (TPSA) is 139 Å². The third-order valence-corrected chi connectivity index (χ3v) is 17.1. The highest BCUT2D eigenvalue weighted by molar-refractivity contribution is 6.31. The van der Waals surface area contributed by atoms with E-state index in [2.05, 4.69) is 27.4 Å². The number of amides is 6. The SMILES string of the molecule is CN(C(=O)[C@H]1[C@H](c2cccc(Cl)c2F)[C@]2(C(=O)Nc3cc(Cl)ccc32)C2(CCCCC2)N1C)C1CCC(C(=O)N2CCC(C#Cc3cccc4c3CN(C3CCC(=O)NC3=O)C4=O)CC2)CC1. The number of nitrogens with zero attached hydrogens (tertiary/aromatic N) is 4. The minimum Gasteiger partial charge on any atom is -0.342 e. The molecule has 3 aromatic carbocycles. The van der Waals surface area contributed by atoms with E-state index in [0.717, 1.165) is 48.8 Å². The minimum absolute atomic E-state index is 0.0651. The Morgan fingerprint density at radius 2 is 1.61 bits per heavy atom. The fraction of sp³-hybridized carbons (Fsp3) is 0.500. The van der Waals surface area contributed by atoms with Gasteiger partial charge in [0.05, 0.1) is 11.1 Å². The van der Waals surface area contributed by atoms with Gasteiger partial charge in [-0.05, 0) is 112 Å². The molecule has 0 radical (unpaired) electrons. The number of carbonyl (C=O) groups is 6. The molecular formula is C52H55Cl2FN6O6. The van der Waals surface area contributed by atoms with Gasteiger partial charge in [-0.3, -0.25) is 39.0 Å². The van der Waals surface area contributed by atoms with E-state index < -0.39 is 40.7 Å². The molecule has 5 heterocycles. The monoisotopic (exact) mass is 948 g/mol. The van der Waals surface area contributed by atoms with E-state index >= 15 is 9.18 Å². The molecule has 15 heteroatoms. The average molecular weight is 950 g/mol. The molecule has 2 aliphatic carbocycles. The number of rotatable bonds is 5. The molecule has 2 N–H and O–H groups in total. The largest absolute Gasteiger partial charge is 0.342 e. The van der Waals surface area contributed by atoms with Crippen LogP contribution in [0.25, 0.3) is 0 Å². The summed E-state index contributed by atoms with van der Waals surface area (Å²) in [6.45, 7) is 1.44. The van der Waals surface area contributed by atoms with E-state index in [1.165, 1.54) is 11.0 Å². The number of likely N-dealkylation sites (N-methyl/N-ethyl adjacent to an activating group) is 2. The maximum absolute atomic E-state index is 16.6. The zero-order valence-corrected chi connectivity index (χ0v) is 39.4. The Morgan fingerprint density at radius 1 is 0.881 bits per heavy atom. The highest BCUT2D eigenvalue weighted by Gasteiger charge is 2.75. The van der Waals surface area contributed by atoms with Crippen molar-refractivity contribution in [1.82, 2.24) is 24.9 Å². The second-order valence-corrected chi connectivity index (χ2v) is 20.6. The van der Waals surface area contributed by atoms with Crippen molar-refractivity contribution in [3.8, 4) is 11.8 Å². The van der Waals surface area contributed by atoms with Crippen molar-refractivity contribution in [1.29, 1.82) is 0 Å². The molecule has 10 rings (SSSR count). The highest BCUT2D eigenvalue weighted by Crippen LogP contribution is 2.66. The third kappa shape index (κ3) is 7.35. The normalized spacial score (nSPS) is 28.2. The van der Waals surface area contributed by atoms with Crippen LogP contribution in [0, 0.1) is 29.5 Å². The van der Waals surface area contributed by atoms with Crippen molar-refractivity contribution < 1.29 is 33.2 Å². The predicted molar refractivity (Wildman–Crippen MR) is 250 cm³/mol. The summed E-state index contributed by atoms with van der Waals surface area (Å²) in [6.07, 6.45) is 8.51. The molecule has 350 valence electrons. The van der Waals surface area contributed by atoms with E-state index in [0.29, 0.717) is 74.3 Å². The van der Waals surface area contributed by atoms with E-state index in [9.17, 15) is 24.0 Å². The first-order valence-electron chi connectivity index (χ1n) is 23.9. The van der Waals surface area contributed by atoms with Crippen molar-refractivity contribution in [2.24, 2.45) is 11.8 Å². The van der Waals surface area contributed by atoms with Crippen molar-refractivity contribution >= 4 is 64.3 Å². The molecular weight excluding hydrogens is 895 g/mol. The van der Waals surface area contributed by atoms with Gasteiger partial charge in [0.25, 0.3) is 5.91 Å². The first-order chi connectivity index (χ1) is 32.2. The highest BCUT2D eigenvalue weighted by atomic mass is 35.5. The molecule has 67 heavy (non-hydrogen) atoms. The van der Waals surface area contributed by atoms with Crippen molar-refractivity contribution in [3.05, 3.63) is 98.3 Å². The van der Waals surface area contributed by atoms with Crippen LogP contribution < -0.4 is 10.6 Å². The van der Waals surface area contributed by atoms with Gasteiger partial charge >= 0.3 is 0 Å². The van der Waals surface area contributed by atoms with Crippen molar-refractivity contribution in [2.45, 2.75) is 125 Å². The van der Waals surface area contributed by atoms with Crippen LogP contribution in [0.4, 0.5) is 10.1 Å². The van der Waals surface area contributed by atoms with Crippen LogP contribution in [-0.2, 0) is 35.9 Å². The zero-order valence-electron chi connectivity index (χ0n) is 37.8. The summed E-state index contributed by atoms with van der Waals surface area (Å²) in [6, 6.07) is 14.0. The van der Waals surface area contributed by atoms with Gasteiger partial charge in [-0.2, -0.15) is 0 Å². The smallest absolute Gasteiger partial charge is 0.255 e. The Hall–Kier alpha value is -5.29. The molecule has 3 saturated heterocycles. The average Bonchev–Trinajstić information content (AvgIpc) is 3.90. The quantitative estimate of drug-likeness (QED) is 0.204. The lowest BCUT2D eigenvalue weighted by atomic mass is 9.55. The summed E-state index contributed by atoms with van der Waals surface area (Å²) < 4.78 is 16.6. The van der Waals surface area contributed by atoms with Crippen molar-refractivity contribution in [2.75, 3.05) is 32.5 Å². The molecule has 2 spiro atoms. The number of halogens is 3. The summed E-state index contributed by atoms with van der Waals surface area (Å²) in [7, 11) is 3.75. The second kappa shape index (κ2) is 17.7. The predicted octanol–water partition coefficient (Wildman–Crippen LogP) is 7.19. The molecule has 3 aromatic rings. The molecule has 12 nitrogen and oxygen atoms in total. The first-order valence-corrected chi connectivity index (χ1v) is 24.6. The lowest BCUT2D eigenvalue weighted by Crippen LogP contribution is -2.60. The number of likely N-dealkylation sites (tertiary alicyclic amines) is 2. The molecule has 4 atom stereocenters. The summed E-state index contributed by atoms with van der Waals surface area (Å²) in [5, 5.41) is 5.88. The standard InChI is InChI=1S/C52H55Cl2FN6O6/c1-58(49(66)45-43(36-10-7-11-39(54)44(36)55)52(51(59(45)2)24-4-3-5-25-51)38-19-16-33(53)28-40(38)56-50(52)67)34-17-14-32(15-18-34)47(64)60-26-22-30(23-27-60)12-13-31-8-6-9-35-37(31)29-61(48(35)65)41-20-21-42(62)57-46(41)63/h6-11,16,19,28,30,32,34,41,43,45H,3-5,14-15,17-18,20-27,29H2,1-2H3,(H,56,67)(H,57,62,63)/t32?,34?,41?,43-,45+,52+/m0/s1. The number of fused-ring (bicyclic) bond motifs is 4. The van der Waals surface area contributed by atoms with Gasteiger partial charge in [-0.15, -0.1) is 0 Å². The number of benzene rings is 3. The summed E-state index contributed by atoms with van der Waals surface area (Å²) >= 11 is 13.0. The van der Waals surface area contributed by atoms with E-state index in [-0.39, 0.29) is 71.0 Å². The van der Waals surface area contributed by atoms with Gasteiger partial charge in [0.2, 0.25) is 29.5 Å². The third-order valence-electron chi connectivity index (χ3n) is 16.6. The van der Waals surface area contributed by atoms with Crippen LogP contribution in [0.3, 0.4) is 0 Å². The van der Waals surface area contributed by atoms with Crippen LogP contribution in [0.2, 0.25) is 10.0 Å². The number of carbonyl (C=O) groups excluding carboxylic acids is 6. The van der Waals surface area contributed by atoms with Gasteiger partial charge in [0.15, 0.2) is 0 Å². The fourth-order valence-corrected chi connectivity index (χ4v) is 13.6. The molecule has 6 amide bonds. The van der Waals surface area contributed by atoms with Gasteiger partial charge in [0.1, 0.15) is 17.3 Å². The Kier molecular flexibility index (Phi) is 12.0. The maximum Gasteiger partial charge on any atom is 0.255 e. The number of hydrogen-bond acceptors (Lipinski definition) is 7. The zero-order chi connectivity index (χ0) is 46.9. The van der Waals surface area contributed by atoms with Crippen molar-refractivity contribution in [3.63, 3.8) is 0 Å². The number of imide groups is 1. The van der Waals surface area contributed by atoms with Gasteiger partial charge < -0.3 is 20.0 Å². The van der Waals surface area contributed by atoms with Crippen LogP contribution in [0.5, 0.6) is 0 Å². The first kappa shape index (κ1) is 45.5. The minimum atomic E-state index is -1.30. The number of nitrogens with one attached hydrogen (secondary N) is 2. The molecule has 2 saturated carbocycles. The van der Waals surface area contributed by atoms with Gasteiger partial charge in [-0.25, -0.2) is 4.39 Å². The number of hydrogen-bond donors (Lipinski definition) is 2. The van der Waals surface area contributed by atoms with E-state index in [1.807, 2.05) is 31.1 Å². The van der Waals surface area contributed by atoms with Gasteiger partial charge in [-0.1, -0.05) is 78.6 Å². The maximum atomic E-state index is 16.6. The Balaban J connectivity index is 0.813. The van der Waals surface area contributed by atoms with Crippen LogP contribution in [0.15, 0.2) is 54.6 Å². The summed E-state index contributed by atoms with van der Waals surface area (Å²) in [4.78, 5) is 89.3. The molecule has 7 aliphatic rings. The van der Waals surface area contributed by atoms with E-state index in [4.69, 9.17) is 23.2 Å². The Morgan fingerprint density at radius 3 is 2.34 bits per heavy atom. The summed E-state index contributed by atoms with van der Waals surface area (Å²) in [5.74, 6) is 3.80. The second-order valence-electron chi connectivity index (χ2n) is 19.8. The lowest BCUT2D eigenvalue weighted by molar-refractivity contribution is -0.141. The van der Waals surface area contributed by atoms with Crippen LogP contribution in [0.1, 0.15) is 122 Å². The Labute approximate surface area is 400 Å². The Bertz CT molecular complexity index is 2640. The van der Waals surface area contributed by atoms with Crippen LogP contribution in [-0.4, -0.2) is 106 Å². The molecule has 0 aromatic heterocycles. The van der Waals surface area contributed by atoms with Gasteiger partial charge in [0, 0.05) is 84.3 Å². The molecule has 1 unspecified atom stereocenters. The summed E-state index contributed by atoms with van der Waals surface area (Å²) in [5.41, 5.74) is 1.53. The molecule has 5 fully saturated rings.